The summed E-state index contributed by atoms with van der Waals surface area (Å²) in [7, 11) is 4.12. The van der Waals surface area contributed by atoms with Crippen LogP contribution in [-0.4, -0.2) is 29.8 Å². The van der Waals surface area contributed by atoms with E-state index >= 15 is 0 Å². The third-order valence-corrected chi connectivity index (χ3v) is 11.7. The molecule has 2 bridgehead atoms. The summed E-state index contributed by atoms with van der Waals surface area (Å²) in [6.45, 7) is 0.0403. The second kappa shape index (κ2) is 9.31. The summed E-state index contributed by atoms with van der Waals surface area (Å²) in [6, 6.07) is 22.8. The zero-order valence-electron chi connectivity index (χ0n) is 21.6. The molecule has 2 saturated carbocycles. The Morgan fingerprint density at radius 2 is 1.76 bits per heavy atom. The van der Waals surface area contributed by atoms with Gasteiger partial charge in [0, 0.05) is 46.9 Å². The zero-order chi connectivity index (χ0) is 26.0. The first-order chi connectivity index (χ1) is 18.5. The lowest BCUT2D eigenvalue weighted by Gasteiger charge is -2.40. The van der Waals surface area contributed by atoms with Gasteiger partial charge in [-0.25, -0.2) is 0 Å². The monoisotopic (exact) mass is 541 g/mol. The van der Waals surface area contributed by atoms with Gasteiger partial charge in [0.15, 0.2) is 0 Å². The summed E-state index contributed by atoms with van der Waals surface area (Å²) >= 11 is 3.23. The fraction of sp³-hybridized carbons (Fsp3) is 0.355. The van der Waals surface area contributed by atoms with Crippen LogP contribution >= 0.6 is 23.1 Å². The lowest BCUT2D eigenvalue weighted by Crippen LogP contribution is -2.34. The molecule has 1 N–H and O–H groups in total. The number of thiazole rings is 1. The van der Waals surface area contributed by atoms with Gasteiger partial charge in [-0.3, -0.25) is 14.2 Å². The van der Waals surface area contributed by atoms with Crippen LogP contribution in [0.1, 0.15) is 35.6 Å². The Morgan fingerprint density at radius 1 is 1.00 bits per heavy atom. The highest BCUT2D eigenvalue weighted by Gasteiger charge is 2.55. The van der Waals surface area contributed by atoms with E-state index in [1.807, 2.05) is 54.2 Å². The van der Waals surface area contributed by atoms with Crippen molar-refractivity contribution in [2.24, 2.45) is 17.8 Å². The molecule has 2 heterocycles. The van der Waals surface area contributed by atoms with Gasteiger partial charge in [-0.1, -0.05) is 59.9 Å². The maximum Gasteiger partial charge on any atom is 0.308 e. The molecule has 2 fully saturated rings. The van der Waals surface area contributed by atoms with E-state index in [-0.39, 0.29) is 23.2 Å². The summed E-state index contributed by atoms with van der Waals surface area (Å²) in [6.07, 6.45) is 3.89. The highest BCUT2D eigenvalue weighted by atomic mass is 32.2. The molecular weight excluding hydrogens is 510 g/mol. The first-order valence-electron chi connectivity index (χ1n) is 13.4. The number of amides is 1. The molecule has 3 aliphatic rings. The highest BCUT2D eigenvalue weighted by molar-refractivity contribution is 8.00. The van der Waals surface area contributed by atoms with Gasteiger partial charge < -0.3 is 10.2 Å². The summed E-state index contributed by atoms with van der Waals surface area (Å²) < 4.78 is 1.74. The average molecular weight is 542 g/mol. The minimum atomic E-state index is -0.161. The zero-order valence-corrected chi connectivity index (χ0v) is 23.2. The number of nitrogens with one attached hydrogen (secondary N) is 1. The largest absolute Gasteiger partial charge is 0.378 e. The van der Waals surface area contributed by atoms with Crippen molar-refractivity contribution in [3.05, 3.63) is 86.8 Å². The fourth-order valence-electron chi connectivity index (χ4n) is 7.11. The Labute approximate surface area is 230 Å². The smallest absolute Gasteiger partial charge is 0.308 e. The molecule has 1 aliphatic heterocycles. The number of benzene rings is 3. The van der Waals surface area contributed by atoms with Crippen LogP contribution in [0.15, 0.2) is 76.6 Å². The van der Waals surface area contributed by atoms with Gasteiger partial charge >= 0.3 is 4.87 Å². The number of fused-ring (bicyclic) bond motifs is 7. The summed E-state index contributed by atoms with van der Waals surface area (Å²) in [5, 5.41) is 6.70. The predicted molar refractivity (Wildman–Crippen MR) is 158 cm³/mol. The van der Waals surface area contributed by atoms with Crippen molar-refractivity contribution in [3.63, 3.8) is 0 Å². The minimum absolute atomic E-state index is 0.0298. The number of carbonyl (C=O) groups excluding carboxylic acids is 1. The minimum Gasteiger partial charge on any atom is -0.378 e. The number of hydrogen-bond acceptors (Lipinski definition) is 5. The van der Waals surface area contributed by atoms with Crippen molar-refractivity contribution < 1.29 is 4.79 Å². The second-order valence-corrected chi connectivity index (χ2v) is 13.3. The second-order valence-electron chi connectivity index (χ2n) is 11.2. The van der Waals surface area contributed by atoms with Crippen LogP contribution in [0.4, 0.5) is 11.4 Å². The van der Waals surface area contributed by atoms with E-state index in [1.54, 1.807) is 4.57 Å². The van der Waals surface area contributed by atoms with E-state index in [0.29, 0.717) is 17.1 Å². The number of carbonyl (C=O) groups is 1. The van der Waals surface area contributed by atoms with Crippen LogP contribution in [0, 0.1) is 17.8 Å². The van der Waals surface area contributed by atoms with Crippen molar-refractivity contribution in [2.75, 3.05) is 24.3 Å². The molecule has 3 aromatic carbocycles. The molecule has 194 valence electrons. The third kappa shape index (κ3) is 3.90. The van der Waals surface area contributed by atoms with Crippen molar-refractivity contribution in [3.8, 4) is 0 Å². The number of nitrogens with zero attached hydrogens (tertiary/aromatic N) is 2. The average Bonchev–Trinajstić information content (AvgIpc) is 3.62. The standard InChI is InChI=1S/C31H31N3O2S2/c1-33(2)22-14-12-19(13-15-22)26-27-20-10-11-21(16-20)28(27)37-30-29(26)38-31(36)34(30)17-25(35)32-24-9-5-7-18-6-3-4-8-23(18)24/h3-9,12-15,20-21,26-28H,10-11,16-17H2,1-2H3,(H,32,35)/t20?,21?,26-,27?,28?/m0/s1. The Hall–Kier alpha value is -3.03. The van der Waals surface area contributed by atoms with Gasteiger partial charge in [-0.15, -0.1) is 11.8 Å². The molecule has 2 aliphatic carbocycles. The lowest BCUT2D eigenvalue weighted by atomic mass is 9.75. The van der Waals surface area contributed by atoms with E-state index in [9.17, 15) is 9.59 Å². The van der Waals surface area contributed by atoms with Gasteiger partial charge in [0.05, 0.1) is 5.03 Å². The molecule has 0 saturated heterocycles. The maximum atomic E-state index is 13.4. The Kier molecular flexibility index (Phi) is 5.89. The normalized spacial score (nSPS) is 25.3. The first-order valence-corrected chi connectivity index (χ1v) is 15.1. The molecule has 1 amide bonds. The molecule has 1 aromatic heterocycles. The lowest BCUT2D eigenvalue weighted by molar-refractivity contribution is -0.116. The molecule has 0 spiro atoms. The molecule has 7 rings (SSSR count). The summed E-state index contributed by atoms with van der Waals surface area (Å²) in [4.78, 5) is 29.9. The van der Waals surface area contributed by atoms with Crippen molar-refractivity contribution in [1.82, 2.24) is 4.57 Å². The van der Waals surface area contributed by atoms with Crippen LogP contribution in [-0.2, 0) is 11.3 Å². The Morgan fingerprint density at radius 3 is 2.58 bits per heavy atom. The van der Waals surface area contributed by atoms with Crippen molar-refractivity contribution in [1.29, 1.82) is 0 Å². The first kappa shape index (κ1) is 24.0. The van der Waals surface area contributed by atoms with Crippen LogP contribution in [0.3, 0.4) is 0 Å². The molecule has 0 radical (unpaired) electrons. The third-order valence-electron chi connectivity index (χ3n) is 8.82. The number of thioether (sulfide) groups is 1. The quantitative estimate of drug-likeness (QED) is 0.317. The number of anilines is 2. The van der Waals surface area contributed by atoms with Crippen molar-refractivity contribution in [2.45, 2.75) is 42.0 Å². The Balaban J connectivity index is 1.24. The van der Waals surface area contributed by atoms with Crippen LogP contribution < -0.4 is 15.1 Å². The number of hydrogen-bond donors (Lipinski definition) is 1. The summed E-state index contributed by atoms with van der Waals surface area (Å²) in [5.74, 6) is 2.06. The number of aromatic nitrogens is 1. The van der Waals surface area contributed by atoms with Crippen molar-refractivity contribution >= 4 is 51.2 Å². The topological polar surface area (TPSA) is 54.3 Å². The van der Waals surface area contributed by atoms with Gasteiger partial charge in [0.1, 0.15) is 6.54 Å². The molecule has 5 atom stereocenters. The van der Waals surface area contributed by atoms with E-state index in [1.165, 1.54) is 41.9 Å². The maximum absolute atomic E-state index is 13.4. The van der Waals surface area contributed by atoms with Crippen LogP contribution in [0.5, 0.6) is 0 Å². The van der Waals surface area contributed by atoms with Gasteiger partial charge in [-0.2, -0.15) is 0 Å². The van der Waals surface area contributed by atoms with Gasteiger partial charge in [0.25, 0.3) is 0 Å². The predicted octanol–water partition coefficient (Wildman–Crippen LogP) is 6.42. The molecule has 7 heteroatoms. The molecule has 4 aromatic rings. The van der Waals surface area contributed by atoms with E-state index in [4.69, 9.17) is 0 Å². The number of rotatable bonds is 5. The van der Waals surface area contributed by atoms with Gasteiger partial charge in [0.2, 0.25) is 5.91 Å². The molecular formula is C31H31N3O2S2. The van der Waals surface area contributed by atoms with Crippen LogP contribution in [0.25, 0.3) is 10.8 Å². The SMILES string of the molecule is CN(C)c1ccc([C@@H]2c3sc(=O)n(CC(=O)Nc4cccc5ccccc45)c3SC3C4CCC(C4)C32)cc1. The fourth-order valence-corrected chi connectivity index (χ4v) is 10.3. The van der Waals surface area contributed by atoms with Crippen LogP contribution in [0.2, 0.25) is 0 Å². The van der Waals surface area contributed by atoms with E-state index < -0.39 is 0 Å². The van der Waals surface area contributed by atoms with Gasteiger partial charge in [-0.05, 0) is 66.2 Å². The van der Waals surface area contributed by atoms with E-state index in [0.717, 1.165) is 32.3 Å². The van der Waals surface area contributed by atoms with E-state index in [2.05, 4.69) is 48.6 Å². The highest BCUT2D eigenvalue weighted by Crippen LogP contribution is 2.64. The molecule has 4 unspecified atom stereocenters. The Bertz CT molecular complexity index is 1580. The molecule has 38 heavy (non-hydrogen) atoms. The summed E-state index contributed by atoms with van der Waals surface area (Å²) in [5.41, 5.74) is 3.26. The molecule has 5 nitrogen and oxygen atoms in total.